The highest BCUT2D eigenvalue weighted by Crippen LogP contribution is 2.34. The van der Waals surface area contributed by atoms with Gasteiger partial charge in [-0.2, -0.15) is 0 Å². The molecule has 1 aliphatic heterocycles. The van der Waals surface area contributed by atoms with Gasteiger partial charge in [0, 0.05) is 0 Å². The van der Waals surface area contributed by atoms with Crippen molar-refractivity contribution in [3.63, 3.8) is 0 Å². The second kappa shape index (κ2) is 7.61. The molecule has 1 fully saturated rings. The molecule has 1 amide bonds. The van der Waals surface area contributed by atoms with Crippen LogP contribution in [-0.2, 0) is 14.3 Å². The fourth-order valence-electron chi connectivity index (χ4n) is 2.06. The zero-order valence-corrected chi connectivity index (χ0v) is 14.7. The number of esters is 1. The molecule has 1 aromatic rings. The Balaban J connectivity index is 2.23. The summed E-state index contributed by atoms with van der Waals surface area (Å²) < 4.78 is 10.5. The minimum Gasteiger partial charge on any atom is -0.497 e. The van der Waals surface area contributed by atoms with Gasteiger partial charge in [0.05, 0.1) is 18.6 Å². The highest BCUT2D eigenvalue weighted by Gasteiger charge is 2.38. The number of thiocarbonyl (C=S) groups is 1. The summed E-state index contributed by atoms with van der Waals surface area (Å²) in [5.74, 6) is -0.0519. The van der Waals surface area contributed by atoms with E-state index in [9.17, 15) is 9.59 Å². The molecule has 1 unspecified atom stereocenters. The maximum atomic E-state index is 12.5. The molecule has 23 heavy (non-hydrogen) atoms. The van der Waals surface area contributed by atoms with Crippen molar-refractivity contribution in [1.82, 2.24) is 4.90 Å². The van der Waals surface area contributed by atoms with Crippen molar-refractivity contribution < 1.29 is 19.1 Å². The molecule has 1 atom stereocenters. The van der Waals surface area contributed by atoms with Crippen LogP contribution < -0.4 is 4.74 Å². The molecular weight excluding hydrogens is 334 g/mol. The number of benzene rings is 1. The minimum absolute atomic E-state index is 0.262. The lowest BCUT2D eigenvalue weighted by Crippen LogP contribution is -2.42. The van der Waals surface area contributed by atoms with Crippen LogP contribution in [0, 0.1) is 0 Å². The molecule has 0 spiro atoms. The first-order valence-electron chi connectivity index (χ1n) is 7.05. The topological polar surface area (TPSA) is 55.8 Å². The Bertz CT molecular complexity index is 672. The van der Waals surface area contributed by atoms with Crippen LogP contribution in [0.5, 0.6) is 5.75 Å². The number of thioether (sulfide) groups is 1. The van der Waals surface area contributed by atoms with E-state index >= 15 is 0 Å². The van der Waals surface area contributed by atoms with Crippen molar-refractivity contribution in [3.8, 4) is 5.75 Å². The standard InChI is InChI=1S/C16H17NO4S2/c1-4-21-15(19)10(2)17-14(18)13(23-16(17)22)9-11-6-5-7-12(8-11)20-3/h5-10H,4H2,1-3H3/b13-9-. The van der Waals surface area contributed by atoms with Crippen LogP contribution >= 0.6 is 24.0 Å². The number of hydrogen-bond acceptors (Lipinski definition) is 6. The lowest BCUT2D eigenvalue weighted by atomic mass is 10.2. The summed E-state index contributed by atoms with van der Waals surface area (Å²) in [4.78, 5) is 26.2. The van der Waals surface area contributed by atoms with Crippen LogP contribution in [0.15, 0.2) is 29.2 Å². The fraction of sp³-hybridized carbons (Fsp3) is 0.312. The predicted octanol–water partition coefficient (Wildman–Crippen LogP) is 2.85. The smallest absolute Gasteiger partial charge is 0.329 e. The first kappa shape index (κ1) is 17.5. The summed E-state index contributed by atoms with van der Waals surface area (Å²) in [5.41, 5.74) is 0.827. The first-order chi connectivity index (χ1) is 11.0. The van der Waals surface area contributed by atoms with E-state index in [1.54, 1.807) is 27.0 Å². The largest absolute Gasteiger partial charge is 0.497 e. The maximum absolute atomic E-state index is 12.5. The van der Waals surface area contributed by atoms with E-state index < -0.39 is 12.0 Å². The van der Waals surface area contributed by atoms with E-state index in [4.69, 9.17) is 21.7 Å². The van der Waals surface area contributed by atoms with Crippen molar-refractivity contribution in [2.24, 2.45) is 0 Å². The molecular formula is C16H17NO4S2. The number of amides is 1. The summed E-state index contributed by atoms with van der Waals surface area (Å²) in [7, 11) is 1.58. The average molecular weight is 351 g/mol. The summed E-state index contributed by atoms with van der Waals surface area (Å²) in [6.45, 7) is 3.59. The van der Waals surface area contributed by atoms with E-state index in [0.717, 1.165) is 5.56 Å². The van der Waals surface area contributed by atoms with Gasteiger partial charge >= 0.3 is 5.97 Å². The number of ether oxygens (including phenoxy) is 2. The molecule has 0 N–H and O–H groups in total. The quantitative estimate of drug-likeness (QED) is 0.462. The summed E-state index contributed by atoms with van der Waals surface area (Å²) >= 11 is 6.41. The molecule has 0 bridgehead atoms. The zero-order chi connectivity index (χ0) is 17.0. The van der Waals surface area contributed by atoms with Gasteiger partial charge in [-0.3, -0.25) is 9.69 Å². The second-order valence-corrected chi connectivity index (χ2v) is 6.43. The van der Waals surface area contributed by atoms with Gasteiger partial charge in [0.2, 0.25) is 0 Å². The van der Waals surface area contributed by atoms with Gasteiger partial charge in [-0.25, -0.2) is 4.79 Å². The second-order valence-electron chi connectivity index (χ2n) is 4.76. The van der Waals surface area contributed by atoms with Crippen molar-refractivity contribution in [2.45, 2.75) is 19.9 Å². The first-order valence-corrected chi connectivity index (χ1v) is 8.28. The maximum Gasteiger partial charge on any atom is 0.329 e. The zero-order valence-electron chi connectivity index (χ0n) is 13.1. The minimum atomic E-state index is -0.737. The molecule has 1 heterocycles. The molecule has 5 nitrogen and oxygen atoms in total. The molecule has 1 aromatic carbocycles. The number of methoxy groups -OCH3 is 1. The molecule has 0 aliphatic carbocycles. The molecule has 0 saturated carbocycles. The molecule has 0 aromatic heterocycles. The average Bonchev–Trinajstić information content (AvgIpc) is 2.81. The molecule has 2 rings (SSSR count). The third-order valence-corrected chi connectivity index (χ3v) is 4.56. The normalized spacial score (nSPS) is 17.5. The van der Waals surface area contributed by atoms with E-state index in [1.165, 1.54) is 16.7 Å². The van der Waals surface area contributed by atoms with Crippen molar-refractivity contribution >= 4 is 46.3 Å². The number of nitrogens with zero attached hydrogens (tertiary/aromatic N) is 1. The monoisotopic (exact) mass is 351 g/mol. The number of rotatable bonds is 5. The highest BCUT2D eigenvalue weighted by molar-refractivity contribution is 8.26. The van der Waals surface area contributed by atoms with Crippen LogP contribution in [0.2, 0.25) is 0 Å². The Morgan fingerprint density at radius 2 is 2.22 bits per heavy atom. The third-order valence-electron chi connectivity index (χ3n) is 3.23. The number of hydrogen-bond donors (Lipinski definition) is 0. The fourth-order valence-corrected chi connectivity index (χ4v) is 3.48. The number of carbonyl (C=O) groups is 2. The van der Waals surface area contributed by atoms with Gasteiger partial charge in [-0.15, -0.1) is 0 Å². The van der Waals surface area contributed by atoms with Gasteiger partial charge in [-0.05, 0) is 37.6 Å². The van der Waals surface area contributed by atoms with Crippen LogP contribution in [0.3, 0.4) is 0 Å². The van der Waals surface area contributed by atoms with Gasteiger partial charge < -0.3 is 9.47 Å². The number of carbonyl (C=O) groups excluding carboxylic acids is 2. The van der Waals surface area contributed by atoms with Crippen LogP contribution in [0.4, 0.5) is 0 Å². The molecule has 1 aliphatic rings. The van der Waals surface area contributed by atoms with Crippen LogP contribution in [-0.4, -0.2) is 40.9 Å². The predicted molar refractivity (Wildman–Crippen MR) is 94.1 cm³/mol. The molecule has 7 heteroatoms. The molecule has 0 radical (unpaired) electrons. The third kappa shape index (κ3) is 3.92. The molecule has 122 valence electrons. The lowest BCUT2D eigenvalue weighted by Gasteiger charge is -2.21. The van der Waals surface area contributed by atoms with E-state index in [1.807, 2.05) is 24.3 Å². The Kier molecular flexibility index (Phi) is 5.79. The van der Waals surface area contributed by atoms with Crippen molar-refractivity contribution in [2.75, 3.05) is 13.7 Å². The highest BCUT2D eigenvalue weighted by atomic mass is 32.2. The van der Waals surface area contributed by atoms with Gasteiger partial charge in [0.15, 0.2) is 0 Å². The Hall–Kier alpha value is -1.86. The van der Waals surface area contributed by atoms with Gasteiger partial charge in [0.1, 0.15) is 16.1 Å². The summed E-state index contributed by atoms with van der Waals surface area (Å²) in [6.07, 6.45) is 1.74. The van der Waals surface area contributed by atoms with Gasteiger partial charge in [0.25, 0.3) is 5.91 Å². The van der Waals surface area contributed by atoms with Crippen molar-refractivity contribution in [3.05, 3.63) is 34.7 Å². The van der Waals surface area contributed by atoms with Gasteiger partial charge in [-0.1, -0.05) is 36.1 Å². The van der Waals surface area contributed by atoms with E-state index in [0.29, 0.717) is 15.0 Å². The van der Waals surface area contributed by atoms with Crippen molar-refractivity contribution in [1.29, 1.82) is 0 Å². The Morgan fingerprint density at radius 3 is 2.87 bits per heavy atom. The summed E-state index contributed by atoms with van der Waals surface area (Å²) in [5, 5.41) is 0. The van der Waals surface area contributed by atoms with E-state index in [2.05, 4.69) is 0 Å². The molecule has 1 saturated heterocycles. The van der Waals surface area contributed by atoms with Crippen LogP contribution in [0.1, 0.15) is 19.4 Å². The Labute approximate surface area is 144 Å². The SMILES string of the molecule is CCOC(=O)C(C)N1C(=O)/C(=C/c2cccc(OC)c2)SC1=S. The Morgan fingerprint density at radius 1 is 1.48 bits per heavy atom. The van der Waals surface area contributed by atoms with Crippen LogP contribution in [0.25, 0.3) is 6.08 Å². The summed E-state index contributed by atoms with van der Waals surface area (Å²) in [6, 6.07) is 6.61. The van der Waals surface area contributed by atoms with E-state index in [-0.39, 0.29) is 12.5 Å². The lowest BCUT2D eigenvalue weighted by molar-refractivity contribution is -0.149.